The Bertz CT molecular complexity index is 642. The van der Waals surface area contributed by atoms with Crippen LogP contribution in [0.3, 0.4) is 0 Å². The molecule has 0 aliphatic carbocycles. The molecule has 1 aromatic heterocycles. The molecule has 8 heteroatoms. The van der Waals surface area contributed by atoms with E-state index in [-0.39, 0.29) is 0 Å². The zero-order valence-electron chi connectivity index (χ0n) is 17.9. The lowest BCUT2D eigenvalue weighted by Gasteiger charge is -2.35. The Labute approximate surface area is 169 Å². The highest BCUT2D eigenvalue weighted by Crippen LogP contribution is 2.19. The molecule has 1 aromatic rings. The van der Waals surface area contributed by atoms with Gasteiger partial charge in [-0.25, -0.2) is 9.67 Å². The molecule has 2 unspecified atom stereocenters. The molecule has 1 fully saturated rings. The van der Waals surface area contributed by atoms with E-state index >= 15 is 0 Å². The second kappa shape index (κ2) is 10.2. The number of ether oxygens (including phenoxy) is 1. The van der Waals surface area contributed by atoms with Gasteiger partial charge < -0.3 is 20.3 Å². The molecule has 2 aliphatic heterocycles. The number of guanidine groups is 1. The number of hydrogen-bond donors (Lipinski definition) is 2. The van der Waals surface area contributed by atoms with Crippen molar-refractivity contribution in [3.63, 3.8) is 0 Å². The van der Waals surface area contributed by atoms with E-state index in [0.717, 1.165) is 56.6 Å². The average molecular weight is 392 g/mol. The highest BCUT2D eigenvalue weighted by atomic mass is 16.5. The maximum Gasteiger partial charge on any atom is 0.191 e. The van der Waals surface area contributed by atoms with Crippen LogP contribution in [0.5, 0.6) is 0 Å². The first-order valence-electron chi connectivity index (χ1n) is 10.8. The van der Waals surface area contributed by atoms with E-state index in [9.17, 15) is 0 Å². The lowest BCUT2D eigenvalue weighted by atomic mass is 9.97. The van der Waals surface area contributed by atoms with Crippen molar-refractivity contribution in [2.75, 3.05) is 33.3 Å². The molecule has 2 N–H and O–H groups in total. The van der Waals surface area contributed by atoms with Crippen LogP contribution in [0.25, 0.3) is 0 Å². The van der Waals surface area contributed by atoms with Crippen molar-refractivity contribution in [2.45, 2.75) is 71.7 Å². The second-order valence-corrected chi connectivity index (χ2v) is 8.26. The highest BCUT2D eigenvalue weighted by Gasteiger charge is 2.24. The third-order valence-corrected chi connectivity index (χ3v) is 5.65. The number of hydrogen-bond acceptors (Lipinski definition) is 5. The predicted molar refractivity (Wildman–Crippen MR) is 111 cm³/mol. The molecule has 0 radical (unpaired) electrons. The Morgan fingerprint density at radius 2 is 2.18 bits per heavy atom. The van der Waals surface area contributed by atoms with Gasteiger partial charge in [-0.2, -0.15) is 5.10 Å². The van der Waals surface area contributed by atoms with Crippen molar-refractivity contribution in [3.8, 4) is 0 Å². The van der Waals surface area contributed by atoms with Gasteiger partial charge in [0.15, 0.2) is 11.8 Å². The normalized spacial score (nSPS) is 23.7. The molecule has 0 aromatic carbocycles. The van der Waals surface area contributed by atoms with Crippen molar-refractivity contribution in [1.29, 1.82) is 0 Å². The van der Waals surface area contributed by atoms with Crippen LogP contribution >= 0.6 is 0 Å². The van der Waals surface area contributed by atoms with E-state index in [0.29, 0.717) is 24.6 Å². The molecule has 2 aliphatic rings. The Morgan fingerprint density at radius 1 is 1.32 bits per heavy atom. The van der Waals surface area contributed by atoms with E-state index in [1.165, 1.54) is 19.4 Å². The van der Waals surface area contributed by atoms with Gasteiger partial charge in [0.2, 0.25) is 0 Å². The molecular formula is C20H37N7O. The van der Waals surface area contributed by atoms with Gasteiger partial charge in [-0.1, -0.05) is 0 Å². The lowest BCUT2D eigenvalue weighted by Crippen LogP contribution is -2.47. The minimum Gasteiger partial charge on any atom is -0.377 e. The van der Waals surface area contributed by atoms with Gasteiger partial charge in [-0.05, 0) is 52.5 Å². The third kappa shape index (κ3) is 5.67. The molecule has 1 saturated heterocycles. The van der Waals surface area contributed by atoms with Crippen LogP contribution in [0.4, 0.5) is 0 Å². The van der Waals surface area contributed by atoms with Crippen molar-refractivity contribution in [1.82, 2.24) is 30.3 Å². The number of aryl methyl sites for hydroxylation is 1. The van der Waals surface area contributed by atoms with Crippen LogP contribution in [0, 0.1) is 5.92 Å². The number of methoxy groups -OCH3 is 1. The van der Waals surface area contributed by atoms with E-state index in [1.807, 2.05) is 4.68 Å². The second-order valence-electron chi connectivity index (χ2n) is 8.26. The summed E-state index contributed by atoms with van der Waals surface area (Å²) in [6.07, 6.45) is 4.53. The number of piperidine rings is 1. The van der Waals surface area contributed by atoms with E-state index < -0.39 is 0 Å². The molecule has 28 heavy (non-hydrogen) atoms. The number of nitrogens with one attached hydrogen (secondary N) is 2. The van der Waals surface area contributed by atoms with Crippen LogP contribution < -0.4 is 10.6 Å². The summed E-state index contributed by atoms with van der Waals surface area (Å²) in [4.78, 5) is 12.1. The molecule has 0 amide bonds. The Kier molecular flexibility index (Phi) is 7.67. The quantitative estimate of drug-likeness (QED) is 0.541. The fraction of sp³-hybridized carbons (Fsp3) is 0.850. The first-order chi connectivity index (χ1) is 13.6. The molecule has 3 heterocycles. The van der Waals surface area contributed by atoms with Crippen molar-refractivity contribution >= 4 is 5.96 Å². The first-order valence-corrected chi connectivity index (χ1v) is 10.8. The molecule has 158 valence electrons. The zero-order chi connectivity index (χ0) is 19.9. The summed E-state index contributed by atoms with van der Waals surface area (Å²) in [6.45, 7) is 12.1. The van der Waals surface area contributed by atoms with Gasteiger partial charge >= 0.3 is 0 Å². The van der Waals surface area contributed by atoms with Gasteiger partial charge in [0.05, 0.1) is 6.54 Å². The van der Waals surface area contributed by atoms with Gasteiger partial charge in [-0.15, -0.1) is 0 Å². The molecule has 2 atom stereocenters. The lowest BCUT2D eigenvalue weighted by molar-refractivity contribution is 0.143. The largest absolute Gasteiger partial charge is 0.377 e. The third-order valence-electron chi connectivity index (χ3n) is 5.65. The molecule has 3 rings (SSSR count). The summed E-state index contributed by atoms with van der Waals surface area (Å²) in [5, 5.41) is 11.6. The van der Waals surface area contributed by atoms with E-state index in [4.69, 9.17) is 9.73 Å². The number of fused-ring (bicyclic) bond motifs is 1. The summed E-state index contributed by atoms with van der Waals surface area (Å²) in [7, 11) is 1.68. The van der Waals surface area contributed by atoms with Crippen LogP contribution in [-0.2, 0) is 24.3 Å². The van der Waals surface area contributed by atoms with Gasteiger partial charge in [-0.3, -0.25) is 4.99 Å². The van der Waals surface area contributed by atoms with Crippen LogP contribution in [0.1, 0.15) is 51.7 Å². The Morgan fingerprint density at radius 3 is 2.93 bits per heavy atom. The maximum atomic E-state index is 5.15. The molecule has 0 saturated carbocycles. The standard InChI is InChI=1S/C20H37N7O/c1-5-21-20(22-11-16-7-6-10-26(12-16)15(2)3)23-17-8-9-19-24-18(14-28-4)25-27(19)13-17/h15-17H,5-14H2,1-4H3,(H2,21,22,23). The van der Waals surface area contributed by atoms with Crippen LogP contribution in [0.2, 0.25) is 0 Å². The maximum absolute atomic E-state index is 5.15. The summed E-state index contributed by atoms with van der Waals surface area (Å²) in [6, 6.07) is 0.946. The average Bonchev–Trinajstić information content (AvgIpc) is 3.08. The summed E-state index contributed by atoms with van der Waals surface area (Å²) >= 11 is 0. The SMILES string of the molecule is CCNC(=NCC1CCCN(C(C)C)C1)NC1CCc2nc(COC)nn2C1. The minimum atomic E-state index is 0.320. The number of aromatic nitrogens is 3. The Balaban J connectivity index is 1.56. The van der Waals surface area contributed by atoms with Crippen LogP contribution in [0.15, 0.2) is 4.99 Å². The van der Waals surface area contributed by atoms with Crippen molar-refractivity contribution in [3.05, 3.63) is 11.6 Å². The monoisotopic (exact) mass is 391 g/mol. The molecule has 0 bridgehead atoms. The van der Waals surface area contributed by atoms with Gasteiger partial charge in [0.1, 0.15) is 12.4 Å². The fourth-order valence-corrected chi connectivity index (χ4v) is 4.12. The smallest absolute Gasteiger partial charge is 0.191 e. The van der Waals surface area contributed by atoms with Gasteiger partial charge in [0.25, 0.3) is 0 Å². The zero-order valence-corrected chi connectivity index (χ0v) is 17.9. The number of aliphatic imine (C=N–C) groups is 1. The number of nitrogens with zero attached hydrogens (tertiary/aromatic N) is 5. The number of likely N-dealkylation sites (tertiary alicyclic amines) is 1. The molecule has 8 nitrogen and oxygen atoms in total. The van der Waals surface area contributed by atoms with Crippen molar-refractivity contribution in [2.24, 2.45) is 10.9 Å². The number of rotatable bonds is 7. The highest BCUT2D eigenvalue weighted by molar-refractivity contribution is 5.80. The Hall–Kier alpha value is -1.67. The van der Waals surface area contributed by atoms with Crippen LogP contribution in [-0.4, -0.2) is 71.0 Å². The van der Waals surface area contributed by atoms with E-state index in [1.54, 1.807) is 7.11 Å². The predicted octanol–water partition coefficient (Wildman–Crippen LogP) is 1.41. The summed E-state index contributed by atoms with van der Waals surface area (Å²) < 4.78 is 7.17. The first kappa shape index (κ1) is 21.0. The topological polar surface area (TPSA) is 79.6 Å². The summed E-state index contributed by atoms with van der Waals surface area (Å²) in [5.74, 6) is 3.40. The van der Waals surface area contributed by atoms with Gasteiger partial charge in [0, 0.05) is 45.2 Å². The minimum absolute atomic E-state index is 0.320. The van der Waals surface area contributed by atoms with Crippen molar-refractivity contribution < 1.29 is 4.74 Å². The molecule has 0 spiro atoms. The fourth-order valence-electron chi connectivity index (χ4n) is 4.12. The van der Waals surface area contributed by atoms with E-state index in [2.05, 4.69) is 46.4 Å². The summed E-state index contributed by atoms with van der Waals surface area (Å²) in [5.41, 5.74) is 0. The molecular weight excluding hydrogens is 354 g/mol.